The van der Waals surface area contributed by atoms with E-state index in [4.69, 9.17) is 0 Å². The lowest BCUT2D eigenvalue weighted by Gasteiger charge is -2.06. The number of aromatic nitrogens is 1. The fraction of sp³-hybridized carbons (Fsp3) is 0.222. The number of thiol groups is 1. The first-order valence-electron chi connectivity index (χ1n) is 3.61. The van der Waals surface area contributed by atoms with Crippen LogP contribution in [0.2, 0.25) is 0 Å². The Morgan fingerprint density at radius 2 is 2.42 bits per heavy atom. The van der Waals surface area contributed by atoms with E-state index in [-0.39, 0.29) is 5.75 Å². The molecule has 0 bridgehead atoms. The van der Waals surface area contributed by atoms with E-state index in [1.807, 2.05) is 0 Å². The van der Waals surface area contributed by atoms with Gasteiger partial charge < -0.3 is 5.11 Å². The van der Waals surface area contributed by atoms with Crippen molar-refractivity contribution >= 4 is 18.7 Å². The molecule has 1 rings (SSSR count). The molecule has 0 saturated carbocycles. The monoisotopic (exact) mass is 181 g/mol. The maximum atomic E-state index is 9.54. The predicted molar refractivity (Wildman–Crippen MR) is 53.4 cm³/mol. The Morgan fingerprint density at radius 1 is 1.75 bits per heavy atom. The third kappa shape index (κ3) is 1.46. The van der Waals surface area contributed by atoms with Gasteiger partial charge in [0.1, 0.15) is 5.75 Å². The van der Waals surface area contributed by atoms with Gasteiger partial charge in [-0.2, -0.15) is 12.6 Å². The van der Waals surface area contributed by atoms with Crippen molar-refractivity contribution < 1.29 is 5.11 Å². The second-order valence-electron chi connectivity index (χ2n) is 2.49. The molecular formula is C9H11NOS. The molecule has 64 valence electrons. The summed E-state index contributed by atoms with van der Waals surface area (Å²) in [5.74, 6) is 0.763. The normalized spacial score (nSPS) is 9.83. The van der Waals surface area contributed by atoms with Crippen molar-refractivity contribution in [2.75, 3.05) is 0 Å². The third-order valence-corrected chi connectivity index (χ3v) is 2.07. The lowest BCUT2D eigenvalue weighted by Crippen LogP contribution is -1.91. The minimum atomic E-state index is 0.205. The Hall–Kier alpha value is -0.960. The molecule has 3 heteroatoms. The first-order valence-corrected chi connectivity index (χ1v) is 4.24. The molecule has 12 heavy (non-hydrogen) atoms. The molecule has 0 aromatic carbocycles. The zero-order chi connectivity index (χ0) is 9.14. The van der Waals surface area contributed by atoms with Gasteiger partial charge in [0.15, 0.2) is 0 Å². The summed E-state index contributed by atoms with van der Waals surface area (Å²) in [5.41, 5.74) is 2.25. The summed E-state index contributed by atoms with van der Waals surface area (Å²) in [6.45, 7) is 5.37. The van der Waals surface area contributed by atoms with Crippen LogP contribution in [-0.2, 0) is 5.75 Å². The standard InChI is InChI=1S/C9H11NOS/c1-3-8-7(5-12)4-10-6(2)9(8)11/h3-4,11-12H,1,5H2,2H3. The van der Waals surface area contributed by atoms with Crippen molar-refractivity contribution in [3.8, 4) is 5.75 Å². The second kappa shape index (κ2) is 3.63. The molecule has 1 aromatic rings. The van der Waals surface area contributed by atoms with Gasteiger partial charge in [-0.3, -0.25) is 4.98 Å². The highest BCUT2D eigenvalue weighted by Gasteiger charge is 2.06. The molecule has 0 amide bonds. The number of rotatable bonds is 2. The molecular weight excluding hydrogens is 170 g/mol. The first kappa shape index (κ1) is 9.13. The van der Waals surface area contributed by atoms with Gasteiger partial charge >= 0.3 is 0 Å². The van der Waals surface area contributed by atoms with Crippen LogP contribution in [0.3, 0.4) is 0 Å². The zero-order valence-corrected chi connectivity index (χ0v) is 7.80. The van der Waals surface area contributed by atoms with Crippen LogP contribution in [0.25, 0.3) is 6.08 Å². The van der Waals surface area contributed by atoms with E-state index in [1.165, 1.54) is 0 Å². The van der Waals surface area contributed by atoms with Gasteiger partial charge in [0.2, 0.25) is 0 Å². The Kier molecular flexibility index (Phi) is 2.76. The molecule has 2 nitrogen and oxygen atoms in total. The van der Waals surface area contributed by atoms with E-state index in [1.54, 1.807) is 19.2 Å². The van der Waals surface area contributed by atoms with Crippen LogP contribution in [0.4, 0.5) is 0 Å². The molecule has 0 radical (unpaired) electrons. The average Bonchev–Trinajstić information content (AvgIpc) is 2.09. The number of hydrogen-bond acceptors (Lipinski definition) is 3. The highest BCUT2D eigenvalue weighted by Crippen LogP contribution is 2.25. The maximum absolute atomic E-state index is 9.54. The van der Waals surface area contributed by atoms with E-state index < -0.39 is 0 Å². The summed E-state index contributed by atoms with van der Waals surface area (Å²) >= 11 is 4.12. The molecule has 0 fully saturated rings. The highest BCUT2D eigenvalue weighted by atomic mass is 32.1. The van der Waals surface area contributed by atoms with E-state index in [0.717, 1.165) is 11.1 Å². The van der Waals surface area contributed by atoms with Crippen LogP contribution in [0.1, 0.15) is 16.8 Å². The van der Waals surface area contributed by atoms with Crippen molar-refractivity contribution in [2.24, 2.45) is 0 Å². The number of aromatic hydroxyl groups is 1. The van der Waals surface area contributed by atoms with Gasteiger partial charge in [-0.1, -0.05) is 12.7 Å². The molecule has 1 aromatic heterocycles. The molecule has 0 aliphatic rings. The summed E-state index contributed by atoms with van der Waals surface area (Å²) in [7, 11) is 0. The van der Waals surface area contributed by atoms with Crippen molar-refractivity contribution in [2.45, 2.75) is 12.7 Å². The van der Waals surface area contributed by atoms with Crippen LogP contribution < -0.4 is 0 Å². The van der Waals surface area contributed by atoms with Gasteiger partial charge in [-0.15, -0.1) is 0 Å². The van der Waals surface area contributed by atoms with E-state index >= 15 is 0 Å². The van der Waals surface area contributed by atoms with Crippen molar-refractivity contribution in [1.29, 1.82) is 0 Å². The minimum Gasteiger partial charge on any atom is -0.505 e. The number of aryl methyl sites for hydroxylation is 1. The van der Waals surface area contributed by atoms with Crippen LogP contribution in [0.15, 0.2) is 12.8 Å². The summed E-state index contributed by atoms with van der Waals surface area (Å²) in [6, 6.07) is 0. The Labute approximate surface area is 77.4 Å². The van der Waals surface area contributed by atoms with Gasteiger partial charge in [0, 0.05) is 17.5 Å². The van der Waals surface area contributed by atoms with Crippen LogP contribution >= 0.6 is 12.6 Å². The average molecular weight is 181 g/mol. The molecule has 0 unspecified atom stereocenters. The topological polar surface area (TPSA) is 33.1 Å². The molecule has 0 aliphatic carbocycles. The third-order valence-electron chi connectivity index (χ3n) is 1.73. The fourth-order valence-corrected chi connectivity index (χ4v) is 1.26. The lowest BCUT2D eigenvalue weighted by atomic mass is 10.1. The molecule has 0 aliphatic heterocycles. The largest absolute Gasteiger partial charge is 0.505 e. The van der Waals surface area contributed by atoms with Crippen LogP contribution in [0.5, 0.6) is 5.75 Å². The number of pyridine rings is 1. The summed E-state index contributed by atoms with van der Waals surface area (Å²) in [6.07, 6.45) is 3.33. The summed E-state index contributed by atoms with van der Waals surface area (Å²) in [5, 5.41) is 9.54. The predicted octanol–water partition coefficient (Wildman–Crippen LogP) is 2.17. The fourth-order valence-electron chi connectivity index (χ4n) is 1.01. The van der Waals surface area contributed by atoms with Gasteiger partial charge in [-0.05, 0) is 12.5 Å². The van der Waals surface area contributed by atoms with E-state index in [2.05, 4.69) is 24.2 Å². The van der Waals surface area contributed by atoms with E-state index in [0.29, 0.717) is 11.4 Å². The van der Waals surface area contributed by atoms with Gasteiger partial charge in [0.25, 0.3) is 0 Å². The SMILES string of the molecule is C=Cc1c(CS)cnc(C)c1O. The smallest absolute Gasteiger partial charge is 0.144 e. The Balaban J connectivity index is 3.35. The maximum Gasteiger partial charge on any atom is 0.144 e. The first-order chi connectivity index (χ1) is 5.70. The minimum absolute atomic E-state index is 0.205. The molecule has 0 saturated heterocycles. The lowest BCUT2D eigenvalue weighted by molar-refractivity contribution is 0.465. The Bertz CT molecular complexity index is 310. The van der Waals surface area contributed by atoms with Gasteiger partial charge in [-0.25, -0.2) is 0 Å². The number of nitrogens with zero attached hydrogens (tertiary/aromatic N) is 1. The highest BCUT2D eigenvalue weighted by molar-refractivity contribution is 7.79. The summed E-state index contributed by atoms with van der Waals surface area (Å²) in [4.78, 5) is 4.01. The Morgan fingerprint density at radius 3 is 2.92 bits per heavy atom. The zero-order valence-electron chi connectivity index (χ0n) is 6.91. The molecule has 0 spiro atoms. The molecule has 1 heterocycles. The van der Waals surface area contributed by atoms with Crippen molar-refractivity contribution in [1.82, 2.24) is 4.98 Å². The van der Waals surface area contributed by atoms with E-state index in [9.17, 15) is 5.11 Å². The molecule has 1 N–H and O–H groups in total. The van der Waals surface area contributed by atoms with Crippen LogP contribution in [-0.4, -0.2) is 10.1 Å². The summed E-state index contributed by atoms with van der Waals surface area (Å²) < 4.78 is 0. The van der Waals surface area contributed by atoms with Crippen molar-refractivity contribution in [3.63, 3.8) is 0 Å². The molecule has 0 atom stereocenters. The quantitative estimate of drug-likeness (QED) is 0.685. The number of hydrogen-bond donors (Lipinski definition) is 2. The van der Waals surface area contributed by atoms with Crippen LogP contribution in [0, 0.1) is 6.92 Å². The van der Waals surface area contributed by atoms with Crippen molar-refractivity contribution in [3.05, 3.63) is 29.6 Å². The second-order valence-corrected chi connectivity index (χ2v) is 2.81. The van der Waals surface area contributed by atoms with Gasteiger partial charge in [0.05, 0.1) is 5.69 Å².